The molecule has 0 radical (unpaired) electrons. The quantitative estimate of drug-likeness (QED) is 0.615. The van der Waals surface area contributed by atoms with Crippen molar-refractivity contribution in [2.24, 2.45) is 5.41 Å². The Kier molecular flexibility index (Phi) is 8.39. The number of aliphatic hydroxyl groups is 1. The highest BCUT2D eigenvalue weighted by molar-refractivity contribution is 5.89. The van der Waals surface area contributed by atoms with Crippen molar-refractivity contribution in [2.75, 3.05) is 39.4 Å². The maximum Gasteiger partial charge on any atom is 0.243 e. The molecule has 3 heterocycles. The van der Waals surface area contributed by atoms with E-state index in [1.807, 2.05) is 63.2 Å². The molecule has 4 rings (SSSR count). The van der Waals surface area contributed by atoms with Crippen LogP contribution in [0.4, 0.5) is 0 Å². The number of carbonyl (C=O) groups is 2. The highest BCUT2D eigenvalue weighted by atomic mass is 16.5. The topological polar surface area (TPSA) is 95.0 Å². The summed E-state index contributed by atoms with van der Waals surface area (Å²) >= 11 is 0. The molecule has 8 heteroatoms. The van der Waals surface area contributed by atoms with E-state index in [1.54, 1.807) is 11.1 Å². The summed E-state index contributed by atoms with van der Waals surface area (Å²) in [4.78, 5) is 34.8. The third-order valence-corrected chi connectivity index (χ3v) is 6.72. The Morgan fingerprint density at radius 3 is 2.50 bits per heavy atom. The zero-order valence-corrected chi connectivity index (χ0v) is 21.5. The van der Waals surface area contributed by atoms with Crippen LogP contribution in [0.3, 0.4) is 0 Å². The second-order valence-electron chi connectivity index (χ2n) is 11.0. The van der Waals surface area contributed by atoms with Gasteiger partial charge < -0.3 is 20.1 Å². The molecule has 0 spiro atoms. The maximum absolute atomic E-state index is 13.5. The predicted octanol–water partition coefficient (Wildman–Crippen LogP) is 2.64. The molecule has 36 heavy (non-hydrogen) atoms. The molecule has 2 N–H and O–H groups in total. The van der Waals surface area contributed by atoms with Gasteiger partial charge in [0.1, 0.15) is 6.04 Å². The molecule has 2 aliphatic heterocycles. The summed E-state index contributed by atoms with van der Waals surface area (Å²) in [5, 5.41) is 13.5. The fourth-order valence-electron chi connectivity index (χ4n) is 4.86. The van der Waals surface area contributed by atoms with Gasteiger partial charge in [-0.25, -0.2) is 0 Å². The number of amides is 2. The monoisotopic (exact) mass is 494 g/mol. The highest BCUT2D eigenvalue weighted by Gasteiger charge is 2.40. The number of rotatable bonds is 7. The van der Waals surface area contributed by atoms with E-state index in [1.165, 1.54) is 0 Å². The molecule has 0 unspecified atom stereocenters. The van der Waals surface area contributed by atoms with Gasteiger partial charge in [0, 0.05) is 50.8 Å². The van der Waals surface area contributed by atoms with Crippen LogP contribution in [-0.4, -0.2) is 83.2 Å². The molecule has 1 aromatic carbocycles. The SMILES string of the molecule is CC(C)(C)CC(=O)N1C[C@H](O)C[C@H]1C(=O)N[C@@H](CN1CCOCC1)c1ccc(-c2ccccn2)cc1. The van der Waals surface area contributed by atoms with E-state index in [2.05, 4.69) is 15.2 Å². The number of hydrogen-bond acceptors (Lipinski definition) is 6. The number of β-amino-alcohol motifs (C(OH)–C–C–N with tert-alkyl or cyclic N) is 1. The Morgan fingerprint density at radius 2 is 1.86 bits per heavy atom. The van der Waals surface area contributed by atoms with Gasteiger partial charge in [-0.3, -0.25) is 19.5 Å². The van der Waals surface area contributed by atoms with Gasteiger partial charge in [-0.1, -0.05) is 51.1 Å². The lowest BCUT2D eigenvalue weighted by Gasteiger charge is -2.33. The zero-order valence-electron chi connectivity index (χ0n) is 21.5. The molecule has 0 saturated carbocycles. The van der Waals surface area contributed by atoms with Crippen molar-refractivity contribution in [3.05, 3.63) is 54.2 Å². The molecule has 194 valence electrons. The lowest BCUT2D eigenvalue weighted by Crippen LogP contribution is -2.49. The van der Waals surface area contributed by atoms with Crippen molar-refractivity contribution in [3.8, 4) is 11.3 Å². The Morgan fingerprint density at radius 1 is 1.14 bits per heavy atom. The van der Waals surface area contributed by atoms with Gasteiger partial charge >= 0.3 is 0 Å². The number of morpholine rings is 1. The van der Waals surface area contributed by atoms with Crippen LogP contribution in [-0.2, 0) is 14.3 Å². The van der Waals surface area contributed by atoms with E-state index in [0.29, 0.717) is 26.2 Å². The van der Waals surface area contributed by atoms with Gasteiger partial charge in [0.25, 0.3) is 0 Å². The molecular formula is C28H38N4O4. The molecule has 2 aliphatic rings. The average molecular weight is 495 g/mol. The number of nitrogens with one attached hydrogen (secondary N) is 1. The van der Waals surface area contributed by atoms with Crippen LogP contribution < -0.4 is 5.32 Å². The molecule has 2 saturated heterocycles. The summed E-state index contributed by atoms with van der Waals surface area (Å²) in [6.45, 7) is 9.78. The van der Waals surface area contributed by atoms with Gasteiger partial charge in [-0.2, -0.15) is 0 Å². The van der Waals surface area contributed by atoms with Gasteiger partial charge in [0.2, 0.25) is 11.8 Å². The van der Waals surface area contributed by atoms with Crippen LogP contribution in [0.25, 0.3) is 11.3 Å². The van der Waals surface area contributed by atoms with E-state index >= 15 is 0 Å². The van der Waals surface area contributed by atoms with Crippen LogP contribution in [0.1, 0.15) is 45.2 Å². The number of aliphatic hydroxyl groups excluding tert-OH is 1. The number of nitrogens with zero attached hydrogens (tertiary/aromatic N) is 3. The van der Waals surface area contributed by atoms with Gasteiger partial charge in [-0.15, -0.1) is 0 Å². The summed E-state index contributed by atoms with van der Waals surface area (Å²) in [5.41, 5.74) is 2.69. The number of pyridine rings is 1. The summed E-state index contributed by atoms with van der Waals surface area (Å²) in [5.74, 6) is -0.315. The highest BCUT2D eigenvalue weighted by Crippen LogP contribution is 2.27. The summed E-state index contributed by atoms with van der Waals surface area (Å²) in [7, 11) is 0. The number of likely N-dealkylation sites (tertiary alicyclic amines) is 1. The minimum atomic E-state index is -0.694. The third kappa shape index (κ3) is 6.90. The molecule has 0 bridgehead atoms. The molecular weight excluding hydrogens is 456 g/mol. The van der Waals surface area contributed by atoms with Crippen molar-refractivity contribution >= 4 is 11.8 Å². The Bertz CT molecular complexity index is 1020. The molecule has 0 aliphatic carbocycles. The van der Waals surface area contributed by atoms with E-state index in [9.17, 15) is 14.7 Å². The zero-order chi connectivity index (χ0) is 25.7. The molecule has 2 amide bonds. The van der Waals surface area contributed by atoms with Gasteiger partial charge in [0.15, 0.2) is 0 Å². The number of aromatic nitrogens is 1. The Balaban J connectivity index is 1.52. The van der Waals surface area contributed by atoms with Crippen LogP contribution in [0.5, 0.6) is 0 Å². The molecule has 3 atom stereocenters. The second kappa shape index (κ2) is 11.5. The third-order valence-electron chi connectivity index (χ3n) is 6.72. The first kappa shape index (κ1) is 26.3. The van der Waals surface area contributed by atoms with E-state index < -0.39 is 12.1 Å². The van der Waals surface area contributed by atoms with E-state index in [4.69, 9.17) is 4.74 Å². The summed E-state index contributed by atoms with van der Waals surface area (Å²) in [6, 6.07) is 13.0. The fraction of sp³-hybridized carbons (Fsp3) is 0.536. The first-order valence-electron chi connectivity index (χ1n) is 12.8. The van der Waals surface area contributed by atoms with Crippen molar-refractivity contribution in [2.45, 2.75) is 51.8 Å². The first-order chi connectivity index (χ1) is 17.2. The van der Waals surface area contributed by atoms with E-state index in [0.717, 1.165) is 29.9 Å². The number of benzene rings is 1. The van der Waals surface area contributed by atoms with E-state index in [-0.39, 0.29) is 36.2 Å². The number of hydrogen-bond donors (Lipinski definition) is 2. The van der Waals surface area contributed by atoms with Gasteiger partial charge in [0.05, 0.1) is 31.1 Å². The first-order valence-corrected chi connectivity index (χ1v) is 12.8. The molecule has 8 nitrogen and oxygen atoms in total. The maximum atomic E-state index is 13.5. The van der Waals surface area contributed by atoms with Crippen molar-refractivity contribution in [3.63, 3.8) is 0 Å². The largest absolute Gasteiger partial charge is 0.391 e. The van der Waals surface area contributed by atoms with Crippen molar-refractivity contribution in [1.29, 1.82) is 0 Å². The minimum Gasteiger partial charge on any atom is -0.391 e. The Hall–Kier alpha value is -2.81. The summed E-state index contributed by atoms with van der Waals surface area (Å²) < 4.78 is 5.50. The minimum absolute atomic E-state index is 0.0938. The van der Waals surface area contributed by atoms with Crippen molar-refractivity contribution in [1.82, 2.24) is 20.1 Å². The lowest BCUT2D eigenvalue weighted by atomic mass is 9.91. The summed E-state index contributed by atoms with van der Waals surface area (Å²) in [6.07, 6.45) is 1.66. The van der Waals surface area contributed by atoms with Gasteiger partial charge in [-0.05, 0) is 23.1 Å². The number of carbonyl (C=O) groups excluding carboxylic acids is 2. The fourth-order valence-corrected chi connectivity index (χ4v) is 4.86. The smallest absolute Gasteiger partial charge is 0.243 e. The normalized spacial score (nSPS) is 21.8. The Labute approximate surface area is 213 Å². The molecule has 1 aromatic heterocycles. The second-order valence-corrected chi connectivity index (χ2v) is 11.0. The van der Waals surface area contributed by atoms with Crippen LogP contribution in [0.15, 0.2) is 48.7 Å². The van der Waals surface area contributed by atoms with Crippen molar-refractivity contribution < 1.29 is 19.4 Å². The molecule has 2 fully saturated rings. The van der Waals surface area contributed by atoms with Crippen LogP contribution in [0.2, 0.25) is 0 Å². The molecule has 2 aromatic rings. The van der Waals surface area contributed by atoms with Crippen LogP contribution in [0, 0.1) is 5.41 Å². The number of ether oxygens (including phenoxy) is 1. The van der Waals surface area contributed by atoms with Crippen LogP contribution >= 0.6 is 0 Å². The average Bonchev–Trinajstić information content (AvgIpc) is 3.26. The lowest BCUT2D eigenvalue weighted by molar-refractivity contribution is -0.140. The standard InChI is InChI=1S/C28H38N4O4/c1-28(2,3)17-26(34)32-18-22(33)16-25(32)27(35)30-24(19-31-12-14-36-15-13-31)21-9-7-20(8-10-21)23-6-4-5-11-29-23/h4-11,22,24-25,33H,12-19H2,1-3H3,(H,30,35)/t22-,24+,25+/m1/s1. The predicted molar refractivity (Wildman–Crippen MR) is 138 cm³/mol.